The van der Waals surface area contributed by atoms with Gasteiger partial charge in [0.2, 0.25) is 0 Å². The Morgan fingerprint density at radius 3 is 2.58 bits per heavy atom. The van der Waals surface area contributed by atoms with Crippen LogP contribution in [0.3, 0.4) is 0 Å². The number of aromatic nitrogens is 2. The Hall–Kier alpha value is -3.91. The molecule has 1 aliphatic rings. The predicted octanol–water partition coefficient (Wildman–Crippen LogP) is 3.91. The zero-order chi connectivity index (χ0) is 25.6. The van der Waals surface area contributed by atoms with Crippen molar-refractivity contribution in [2.45, 2.75) is 33.7 Å². The van der Waals surface area contributed by atoms with Crippen LogP contribution in [0.2, 0.25) is 0 Å². The minimum absolute atomic E-state index is 0.198. The average Bonchev–Trinajstić information content (AvgIpc) is 3.34. The van der Waals surface area contributed by atoms with E-state index in [1.165, 1.54) is 11.3 Å². The summed E-state index contributed by atoms with van der Waals surface area (Å²) in [5, 5.41) is 1.79. The first-order valence-corrected chi connectivity index (χ1v) is 12.6. The van der Waals surface area contributed by atoms with Gasteiger partial charge in [-0.2, -0.15) is 0 Å². The maximum Gasteiger partial charge on any atom is 0.338 e. The second-order valence-electron chi connectivity index (χ2n) is 8.74. The van der Waals surface area contributed by atoms with Crippen LogP contribution in [0.15, 0.2) is 63.5 Å². The molecule has 0 aliphatic carbocycles. The number of carbonyl (C=O) groups excluding carboxylic acids is 1. The zero-order valence-electron chi connectivity index (χ0n) is 20.8. The summed E-state index contributed by atoms with van der Waals surface area (Å²) in [6.07, 6.45) is 1.88. The Labute approximate surface area is 212 Å². The first-order valence-electron chi connectivity index (χ1n) is 11.8. The quantitative estimate of drug-likeness (QED) is 0.420. The third-order valence-electron chi connectivity index (χ3n) is 6.43. The number of hydrogen-bond donors (Lipinski definition) is 1. The van der Waals surface area contributed by atoms with Gasteiger partial charge in [0.1, 0.15) is 5.75 Å². The molecule has 4 aromatic rings. The smallest absolute Gasteiger partial charge is 0.338 e. The monoisotopic (exact) mass is 501 g/mol. The molecule has 2 aromatic carbocycles. The van der Waals surface area contributed by atoms with Gasteiger partial charge in [0.05, 0.1) is 35.6 Å². The fraction of sp³-hybridized carbons (Fsp3) is 0.250. The molecule has 36 heavy (non-hydrogen) atoms. The number of fused-ring (bicyclic) bond motifs is 2. The number of aryl methyl sites for hydroxylation is 2. The number of nitrogens with one attached hydrogen (secondary N) is 1. The summed E-state index contributed by atoms with van der Waals surface area (Å²) in [7, 11) is 1.63. The molecule has 7 nitrogen and oxygen atoms in total. The molecule has 0 radical (unpaired) electrons. The lowest BCUT2D eigenvalue weighted by atomic mass is 9.91. The van der Waals surface area contributed by atoms with Crippen molar-refractivity contribution in [3.63, 3.8) is 0 Å². The van der Waals surface area contributed by atoms with Crippen LogP contribution in [0.4, 0.5) is 0 Å². The number of allylic oxidation sites excluding steroid dienone is 1. The molecule has 184 valence electrons. The second-order valence-corrected chi connectivity index (χ2v) is 9.75. The number of hydrogen-bond acceptors (Lipinski definition) is 6. The van der Waals surface area contributed by atoms with Crippen LogP contribution < -0.4 is 19.6 Å². The Kier molecular flexibility index (Phi) is 6.14. The fourth-order valence-corrected chi connectivity index (χ4v) is 5.87. The maximum absolute atomic E-state index is 13.9. The molecule has 0 saturated heterocycles. The summed E-state index contributed by atoms with van der Waals surface area (Å²) >= 11 is 1.32. The van der Waals surface area contributed by atoms with E-state index in [2.05, 4.69) is 9.98 Å². The molecule has 0 saturated carbocycles. The number of ether oxygens (including phenoxy) is 2. The van der Waals surface area contributed by atoms with Crippen LogP contribution in [0.25, 0.3) is 16.8 Å². The molecule has 3 heterocycles. The molecular formula is C28H27N3O4S. The van der Waals surface area contributed by atoms with Crippen LogP contribution in [0, 0.1) is 13.8 Å². The standard InChI is InChI=1S/C28H27N3O4S/c1-6-35-27(33)24-17(4)30-28-31(26(32)23(36-28)14-18-13-15(2)29-16(18)3)25(24)21-11-12-22(34-5)20-10-8-7-9-19(20)21/h7-14,25,29H,6H2,1-5H3/t25-/m0/s1. The van der Waals surface area contributed by atoms with Gasteiger partial charge >= 0.3 is 5.97 Å². The van der Waals surface area contributed by atoms with Crippen LogP contribution in [-0.4, -0.2) is 29.2 Å². The van der Waals surface area contributed by atoms with Gasteiger partial charge in [0, 0.05) is 16.8 Å². The average molecular weight is 502 g/mol. The summed E-state index contributed by atoms with van der Waals surface area (Å²) in [6.45, 7) is 7.74. The van der Waals surface area contributed by atoms with Gasteiger partial charge in [-0.15, -0.1) is 0 Å². The minimum Gasteiger partial charge on any atom is -0.496 e. The molecule has 1 atom stereocenters. The largest absolute Gasteiger partial charge is 0.496 e. The number of rotatable bonds is 5. The molecule has 0 bridgehead atoms. The van der Waals surface area contributed by atoms with Crippen LogP contribution >= 0.6 is 11.3 Å². The normalized spacial score (nSPS) is 15.7. The highest BCUT2D eigenvalue weighted by molar-refractivity contribution is 7.07. The van der Waals surface area contributed by atoms with E-state index in [-0.39, 0.29) is 12.2 Å². The molecule has 0 unspecified atom stereocenters. The summed E-state index contributed by atoms with van der Waals surface area (Å²) in [5.74, 6) is 0.244. The van der Waals surface area contributed by atoms with Crippen molar-refractivity contribution in [3.8, 4) is 5.75 Å². The molecule has 2 aromatic heterocycles. The summed E-state index contributed by atoms with van der Waals surface area (Å²) in [4.78, 5) is 35.6. The molecular weight excluding hydrogens is 474 g/mol. The highest BCUT2D eigenvalue weighted by Gasteiger charge is 2.34. The van der Waals surface area contributed by atoms with Crippen molar-refractivity contribution >= 4 is 34.2 Å². The number of benzene rings is 2. The highest BCUT2D eigenvalue weighted by atomic mass is 32.1. The van der Waals surface area contributed by atoms with Crippen molar-refractivity contribution in [1.29, 1.82) is 0 Å². The van der Waals surface area contributed by atoms with Crippen molar-refractivity contribution in [2.24, 2.45) is 4.99 Å². The Bertz CT molecular complexity index is 1720. The van der Waals surface area contributed by atoms with E-state index in [0.29, 0.717) is 20.6 Å². The Morgan fingerprint density at radius 2 is 1.92 bits per heavy atom. The van der Waals surface area contributed by atoms with Gasteiger partial charge in [-0.25, -0.2) is 9.79 Å². The molecule has 0 fully saturated rings. The molecule has 1 N–H and O–H groups in total. The summed E-state index contributed by atoms with van der Waals surface area (Å²) in [5.41, 5.74) is 4.47. The minimum atomic E-state index is -0.688. The van der Waals surface area contributed by atoms with Crippen LogP contribution in [0.1, 0.15) is 42.4 Å². The van der Waals surface area contributed by atoms with E-state index in [0.717, 1.165) is 39.0 Å². The number of thiazole rings is 1. The van der Waals surface area contributed by atoms with Gasteiger partial charge < -0.3 is 14.5 Å². The number of methoxy groups -OCH3 is 1. The highest BCUT2D eigenvalue weighted by Crippen LogP contribution is 2.37. The third kappa shape index (κ3) is 3.87. The van der Waals surface area contributed by atoms with E-state index >= 15 is 0 Å². The SMILES string of the molecule is CCOC(=O)C1=C(C)N=c2sc(=Cc3cc(C)[nH]c3C)c(=O)n2[C@H]1c1ccc(OC)c2ccccc12. The Balaban J connectivity index is 1.83. The molecule has 0 amide bonds. The first-order chi connectivity index (χ1) is 17.3. The first kappa shape index (κ1) is 23.8. The van der Waals surface area contributed by atoms with Crippen molar-refractivity contribution in [3.05, 3.63) is 95.9 Å². The number of nitrogens with zero attached hydrogens (tertiary/aromatic N) is 2. The van der Waals surface area contributed by atoms with Gasteiger partial charge in [-0.3, -0.25) is 9.36 Å². The van der Waals surface area contributed by atoms with E-state index < -0.39 is 12.0 Å². The number of esters is 1. The van der Waals surface area contributed by atoms with Crippen LogP contribution in [-0.2, 0) is 9.53 Å². The van der Waals surface area contributed by atoms with E-state index in [4.69, 9.17) is 9.47 Å². The summed E-state index contributed by atoms with van der Waals surface area (Å²) in [6, 6.07) is 12.9. The maximum atomic E-state index is 13.9. The topological polar surface area (TPSA) is 85.7 Å². The second kappa shape index (κ2) is 9.28. The van der Waals surface area contributed by atoms with Gasteiger partial charge in [-0.05, 0) is 62.4 Å². The van der Waals surface area contributed by atoms with Crippen LogP contribution in [0.5, 0.6) is 5.75 Å². The fourth-order valence-electron chi connectivity index (χ4n) is 4.83. The lowest BCUT2D eigenvalue weighted by Crippen LogP contribution is -2.40. The molecule has 8 heteroatoms. The number of carbonyl (C=O) groups is 1. The molecule has 5 rings (SSSR count). The van der Waals surface area contributed by atoms with Gasteiger partial charge in [-0.1, -0.05) is 41.7 Å². The van der Waals surface area contributed by atoms with Gasteiger partial charge in [0.25, 0.3) is 5.56 Å². The van der Waals surface area contributed by atoms with Crippen molar-refractivity contribution in [1.82, 2.24) is 9.55 Å². The van der Waals surface area contributed by atoms with Crippen molar-refractivity contribution in [2.75, 3.05) is 13.7 Å². The number of H-pyrrole nitrogens is 1. The van der Waals surface area contributed by atoms with Gasteiger partial charge in [0.15, 0.2) is 4.80 Å². The lowest BCUT2D eigenvalue weighted by Gasteiger charge is -2.26. The zero-order valence-corrected chi connectivity index (χ0v) is 21.7. The molecule has 1 aliphatic heterocycles. The van der Waals surface area contributed by atoms with E-state index in [1.807, 2.05) is 62.4 Å². The predicted molar refractivity (Wildman–Crippen MR) is 141 cm³/mol. The number of aromatic amines is 1. The lowest BCUT2D eigenvalue weighted by molar-refractivity contribution is -0.139. The molecule has 0 spiro atoms. The Morgan fingerprint density at radius 1 is 1.17 bits per heavy atom. The third-order valence-corrected chi connectivity index (χ3v) is 7.41. The summed E-state index contributed by atoms with van der Waals surface area (Å²) < 4.78 is 13.2. The van der Waals surface area contributed by atoms with Crippen molar-refractivity contribution < 1.29 is 14.3 Å². The van der Waals surface area contributed by atoms with E-state index in [1.54, 1.807) is 25.5 Å². The van der Waals surface area contributed by atoms with E-state index in [9.17, 15) is 9.59 Å².